The molecule has 1 saturated heterocycles. The van der Waals surface area contributed by atoms with Crippen LogP contribution >= 0.6 is 0 Å². The molecule has 1 aromatic rings. The molecule has 1 aliphatic heterocycles. The molecule has 1 fully saturated rings. The second kappa shape index (κ2) is 6.52. The van der Waals surface area contributed by atoms with Gasteiger partial charge in [0.1, 0.15) is 5.82 Å². The van der Waals surface area contributed by atoms with Crippen LogP contribution in [0.15, 0.2) is 18.3 Å². The molecule has 2 atom stereocenters. The first-order chi connectivity index (χ1) is 9.26. The van der Waals surface area contributed by atoms with Crippen molar-refractivity contribution in [3.63, 3.8) is 0 Å². The lowest BCUT2D eigenvalue weighted by Gasteiger charge is -2.17. The summed E-state index contributed by atoms with van der Waals surface area (Å²) < 4.78 is 5.62. The van der Waals surface area contributed by atoms with Gasteiger partial charge < -0.3 is 15.4 Å². The molecule has 19 heavy (non-hydrogen) atoms. The van der Waals surface area contributed by atoms with Gasteiger partial charge in [0.15, 0.2) is 0 Å². The molecule has 0 saturated carbocycles. The normalized spacial score (nSPS) is 22.2. The first kappa shape index (κ1) is 13.8. The topological polar surface area (TPSA) is 63.2 Å². The summed E-state index contributed by atoms with van der Waals surface area (Å²) in [5, 5.41) is 5.91. The van der Waals surface area contributed by atoms with Gasteiger partial charge in [-0.3, -0.25) is 4.79 Å². The van der Waals surface area contributed by atoms with E-state index in [-0.39, 0.29) is 12.0 Å². The third kappa shape index (κ3) is 3.23. The first-order valence-corrected chi connectivity index (χ1v) is 6.78. The zero-order chi connectivity index (χ0) is 13.7. The Bertz CT molecular complexity index is 436. The molecular formula is C14H21N3O2. The van der Waals surface area contributed by atoms with Crippen molar-refractivity contribution in [2.45, 2.75) is 25.9 Å². The minimum absolute atomic E-state index is 0.0841. The van der Waals surface area contributed by atoms with Crippen molar-refractivity contribution in [2.75, 3.05) is 25.5 Å². The van der Waals surface area contributed by atoms with Crippen LogP contribution in [0.1, 0.15) is 30.1 Å². The van der Waals surface area contributed by atoms with Gasteiger partial charge in [-0.25, -0.2) is 4.98 Å². The fourth-order valence-electron chi connectivity index (χ4n) is 2.48. The van der Waals surface area contributed by atoms with E-state index >= 15 is 0 Å². The fourth-order valence-corrected chi connectivity index (χ4v) is 2.48. The molecule has 5 heteroatoms. The van der Waals surface area contributed by atoms with Gasteiger partial charge in [-0.1, -0.05) is 6.92 Å². The Kier molecular flexibility index (Phi) is 4.74. The van der Waals surface area contributed by atoms with E-state index < -0.39 is 0 Å². The largest absolute Gasteiger partial charge is 0.378 e. The number of anilines is 1. The van der Waals surface area contributed by atoms with Crippen LogP contribution < -0.4 is 10.6 Å². The number of aromatic nitrogens is 1. The molecule has 2 unspecified atom stereocenters. The Labute approximate surface area is 113 Å². The lowest BCUT2D eigenvalue weighted by molar-refractivity contribution is 0.0827. The van der Waals surface area contributed by atoms with Gasteiger partial charge in [0.05, 0.1) is 11.7 Å². The fraction of sp³-hybridized carbons (Fsp3) is 0.571. The van der Waals surface area contributed by atoms with Crippen molar-refractivity contribution in [1.29, 1.82) is 0 Å². The summed E-state index contributed by atoms with van der Waals surface area (Å²) >= 11 is 0. The van der Waals surface area contributed by atoms with Crippen molar-refractivity contribution in [3.8, 4) is 0 Å². The van der Waals surface area contributed by atoms with E-state index in [1.165, 1.54) is 0 Å². The van der Waals surface area contributed by atoms with E-state index in [0.717, 1.165) is 19.4 Å². The first-order valence-electron chi connectivity index (χ1n) is 6.78. The van der Waals surface area contributed by atoms with Crippen LogP contribution in [0, 0.1) is 5.92 Å². The van der Waals surface area contributed by atoms with Gasteiger partial charge in [0, 0.05) is 32.3 Å². The zero-order valence-corrected chi connectivity index (χ0v) is 11.5. The van der Waals surface area contributed by atoms with Crippen LogP contribution in [0.4, 0.5) is 5.82 Å². The van der Waals surface area contributed by atoms with Gasteiger partial charge in [0.2, 0.25) is 0 Å². The van der Waals surface area contributed by atoms with Crippen LogP contribution in [0.5, 0.6) is 0 Å². The second-order valence-corrected chi connectivity index (χ2v) is 4.73. The highest BCUT2D eigenvalue weighted by Gasteiger charge is 2.27. The molecule has 5 nitrogen and oxygen atoms in total. The number of pyridine rings is 1. The number of ether oxygens (including phenoxy) is 1. The Hall–Kier alpha value is -1.62. The predicted octanol–water partition coefficient (Wildman–Crippen LogP) is 1.67. The van der Waals surface area contributed by atoms with Gasteiger partial charge in [0.25, 0.3) is 5.91 Å². The lowest BCUT2D eigenvalue weighted by atomic mass is 9.99. The summed E-state index contributed by atoms with van der Waals surface area (Å²) in [7, 11) is 1.76. The minimum Gasteiger partial charge on any atom is -0.378 e. The van der Waals surface area contributed by atoms with Gasteiger partial charge in [-0.2, -0.15) is 0 Å². The van der Waals surface area contributed by atoms with E-state index in [2.05, 4.69) is 22.5 Å². The predicted molar refractivity (Wildman–Crippen MR) is 74.3 cm³/mol. The summed E-state index contributed by atoms with van der Waals surface area (Å²) in [6.07, 6.45) is 3.96. The highest BCUT2D eigenvalue weighted by atomic mass is 16.5. The van der Waals surface area contributed by atoms with Crippen molar-refractivity contribution in [2.24, 2.45) is 5.92 Å². The lowest BCUT2D eigenvalue weighted by Crippen LogP contribution is -2.33. The Morgan fingerprint density at radius 1 is 1.58 bits per heavy atom. The highest BCUT2D eigenvalue weighted by molar-refractivity contribution is 5.98. The number of amides is 1. The summed E-state index contributed by atoms with van der Waals surface area (Å²) in [6.45, 7) is 3.58. The van der Waals surface area contributed by atoms with E-state index in [0.29, 0.717) is 23.8 Å². The smallest absolute Gasteiger partial charge is 0.255 e. The minimum atomic E-state index is -0.0841. The maximum absolute atomic E-state index is 12.1. The van der Waals surface area contributed by atoms with Crippen molar-refractivity contribution in [3.05, 3.63) is 23.9 Å². The molecule has 1 aliphatic rings. The molecule has 0 spiro atoms. The van der Waals surface area contributed by atoms with Gasteiger partial charge in [-0.05, 0) is 25.0 Å². The zero-order valence-electron chi connectivity index (χ0n) is 11.5. The van der Waals surface area contributed by atoms with E-state index in [1.807, 2.05) is 0 Å². The molecule has 0 aliphatic carbocycles. The Morgan fingerprint density at radius 2 is 2.42 bits per heavy atom. The molecule has 0 aromatic carbocycles. The maximum Gasteiger partial charge on any atom is 0.255 e. The monoisotopic (exact) mass is 263 g/mol. The number of nitrogens with zero attached hydrogens (tertiary/aromatic N) is 1. The van der Waals surface area contributed by atoms with Crippen molar-refractivity contribution < 1.29 is 9.53 Å². The number of carbonyl (C=O) groups excluding carboxylic acids is 1. The molecule has 2 rings (SSSR count). The van der Waals surface area contributed by atoms with E-state index in [1.54, 1.807) is 25.4 Å². The Morgan fingerprint density at radius 3 is 3.16 bits per heavy atom. The number of hydrogen-bond donors (Lipinski definition) is 2. The molecule has 2 N–H and O–H groups in total. The van der Waals surface area contributed by atoms with Crippen molar-refractivity contribution >= 4 is 11.7 Å². The van der Waals surface area contributed by atoms with E-state index in [9.17, 15) is 4.79 Å². The number of hydrogen-bond acceptors (Lipinski definition) is 4. The summed E-state index contributed by atoms with van der Waals surface area (Å²) in [5.74, 6) is 0.942. The van der Waals surface area contributed by atoms with Gasteiger partial charge >= 0.3 is 0 Å². The standard InChI is InChI=1S/C14H21N3O2/c1-3-12-10(6-8-19-12)9-17-14(18)11-5-4-7-16-13(11)15-2/h4-5,7,10,12H,3,6,8-9H2,1-2H3,(H,15,16)(H,17,18). The average molecular weight is 263 g/mol. The quantitative estimate of drug-likeness (QED) is 0.848. The average Bonchev–Trinajstić information content (AvgIpc) is 2.92. The molecule has 0 bridgehead atoms. The SMILES string of the molecule is CCC1OCCC1CNC(=O)c1cccnc1NC. The van der Waals surface area contributed by atoms with Gasteiger partial charge in [-0.15, -0.1) is 0 Å². The molecule has 2 heterocycles. The highest BCUT2D eigenvalue weighted by Crippen LogP contribution is 2.22. The summed E-state index contributed by atoms with van der Waals surface area (Å²) in [5.41, 5.74) is 0.581. The molecular weight excluding hydrogens is 242 g/mol. The molecule has 104 valence electrons. The van der Waals surface area contributed by atoms with Crippen LogP contribution in [0.3, 0.4) is 0 Å². The molecule has 0 radical (unpaired) electrons. The van der Waals surface area contributed by atoms with Crippen LogP contribution in [0.2, 0.25) is 0 Å². The maximum atomic E-state index is 12.1. The van der Waals surface area contributed by atoms with Crippen LogP contribution in [0.25, 0.3) is 0 Å². The van der Waals surface area contributed by atoms with Crippen molar-refractivity contribution in [1.82, 2.24) is 10.3 Å². The molecule has 1 amide bonds. The third-order valence-electron chi connectivity index (χ3n) is 3.56. The Balaban J connectivity index is 1.94. The summed E-state index contributed by atoms with van der Waals surface area (Å²) in [4.78, 5) is 16.3. The second-order valence-electron chi connectivity index (χ2n) is 4.73. The van der Waals surface area contributed by atoms with E-state index in [4.69, 9.17) is 4.74 Å². The van der Waals surface area contributed by atoms with Crippen LogP contribution in [-0.4, -0.2) is 37.2 Å². The summed E-state index contributed by atoms with van der Waals surface area (Å²) in [6, 6.07) is 3.54. The third-order valence-corrected chi connectivity index (χ3v) is 3.56. The number of rotatable bonds is 5. The molecule has 1 aromatic heterocycles. The number of nitrogens with one attached hydrogen (secondary N) is 2. The number of carbonyl (C=O) groups is 1. The van der Waals surface area contributed by atoms with Crippen LogP contribution in [-0.2, 0) is 4.74 Å².